The zero-order chi connectivity index (χ0) is 2.71. The molecular weight excluding hydrogens is 301 g/mol. The molecule has 6 nitrogen and oxygen atoms in total. The molecule has 60 valence electrons. The molecule has 0 aliphatic rings. The minimum atomic E-state index is 0. The predicted octanol–water partition coefficient (Wildman–Crippen LogP) is -3.35. The third kappa shape index (κ3) is 1440. The second kappa shape index (κ2) is 212. The molecule has 0 amide bonds. The Balaban J connectivity index is -0.00000000133. The van der Waals surface area contributed by atoms with Crippen LogP contribution in [-0.2, 0) is 33.3 Å². The molecule has 9 heavy (non-hydrogen) atoms. The fourth-order valence-corrected chi connectivity index (χ4v) is 0. The number of rotatable bonds is 0. The van der Waals surface area contributed by atoms with Gasteiger partial charge in [0.2, 0.25) is 0 Å². The summed E-state index contributed by atoms with van der Waals surface area (Å²) < 4.78 is 0. The van der Waals surface area contributed by atoms with Crippen molar-refractivity contribution in [2.75, 3.05) is 6.61 Å². The van der Waals surface area contributed by atoms with Crippen LogP contribution in [0.2, 0.25) is 0 Å². The Kier molecular flexibility index (Phi) is 2590. The van der Waals surface area contributed by atoms with Gasteiger partial charge in [-0.25, -0.2) is 0 Å². The summed E-state index contributed by atoms with van der Waals surface area (Å²) in [6.07, 6.45) is 0. The molecule has 0 bridgehead atoms. The van der Waals surface area contributed by atoms with Gasteiger partial charge < -0.3 is 32.5 Å². The molecule has 0 aliphatic heterocycles. The van der Waals surface area contributed by atoms with E-state index in [2.05, 4.69) is 0 Å². The molecule has 0 spiro atoms. The van der Waals surface area contributed by atoms with E-state index in [9.17, 15) is 0 Å². The standard InChI is InChI=1S/C2H5O.3H2O.2O.Ta/c1-2-3;;;;;;/h2H2,1H3;3*1H2;;;/q-1;;;;2*-2;+5. The second-order valence-corrected chi connectivity index (χ2v) is 0.289. The summed E-state index contributed by atoms with van der Waals surface area (Å²) in [5.41, 5.74) is 0. The van der Waals surface area contributed by atoms with Crippen LogP contribution in [0.5, 0.6) is 0 Å². The van der Waals surface area contributed by atoms with Crippen molar-refractivity contribution in [1.82, 2.24) is 0 Å². The maximum Gasteiger partial charge on any atom is 5.00 e. The monoisotopic (exact) mass is 312 g/mol. The Morgan fingerprint density at radius 2 is 1.00 bits per heavy atom. The predicted molar refractivity (Wildman–Crippen MR) is 22.8 cm³/mol. The van der Waals surface area contributed by atoms with Crippen LogP contribution >= 0.6 is 0 Å². The first-order valence-electron chi connectivity index (χ1n) is 0.996. The van der Waals surface area contributed by atoms with E-state index in [1.807, 2.05) is 0 Å². The maximum atomic E-state index is 8.93. The van der Waals surface area contributed by atoms with Crippen molar-refractivity contribution in [3.8, 4) is 0 Å². The maximum absolute atomic E-state index is 8.93. The zero-order valence-electron chi connectivity index (χ0n) is 4.88. The summed E-state index contributed by atoms with van der Waals surface area (Å²) in [6.45, 7) is 1.57. The smallest absolute Gasteiger partial charge is 2.00 e. The Morgan fingerprint density at radius 3 is 1.00 bits per heavy atom. The van der Waals surface area contributed by atoms with Gasteiger partial charge in [-0.1, -0.05) is 6.92 Å². The largest absolute Gasteiger partial charge is 5.00 e. The molecule has 0 atom stereocenters. The van der Waals surface area contributed by atoms with Gasteiger partial charge in [0.15, 0.2) is 0 Å². The summed E-state index contributed by atoms with van der Waals surface area (Å²) in [5, 5.41) is 8.93. The topological polar surface area (TPSA) is 175 Å². The van der Waals surface area contributed by atoms with E-state index in [1.165, 1.54) is 0 Å². The van der Waals surface area contributed by atoms with E-state index < -0.39 is 0 Å². The van der Waals surface area contributed by atoms with E-state index in [0.29, 0.717) is 0 Å². The molecule has 0 rings (SSSR count). The molecule has 7 heteroatoms. The van der Waals surface area contributed by atoms with Gasteiger partial charge >= 0.3 is 22.4 Å². The van der Waals surface area contributed by atoms with E-state index in [-0.39, 0.29) is 56.4 Å². The van der Waals surface area contributed by atoms with Gasteiger partial charge in [0.05, 0.1) is 0 Å². The summed E-state index contributed by atoms with van der Waals surface area (Å²) in [5.74, 6) is 0. The van der Waals surface area contributed by atoms with Crippen LogP contribution in [0.4, 0.5) is 0 Å². The van der Waals surface area contributed by atoms with Crippen LogP contribution in [0.3, 0.4) is 0 Å². The molecule has 0 heterocycles. The Labute approximate surface area is 68.9 Å². The van der Waals surface area contributed by atoms with E-state index >= 15 is 0 Å². The van der Waals surface area contributed by atoms with Crippen LogP contribution in [-0.4, -0.2) is 23.0 Å². The summed E-state index contributed by atoms with van der Waals surface area (Å²) in [7, 11) is 0. The average Bonchev–Trinajstić information content (AvgIpc) is 0.918. The van der Waals surface area contributed by atoms with Crippen molar-refractivity contribution < 1.29 is 54.9 Å². The van der Waals surface area contributed by atoms with Gasteiger partial charge in [-0.2, -0.15) is 0 Å². The molecule has 0 radical (unpaired) electrons. The van der Waals surface area contributed by atoms with Crippen LogP contribution < -0.4 is 5.11 Å². The number of hydrogen-bond acceptors (Lipinski definition) is 1. The van der Waals surface area contributed by atoms with E-state index in [0.717, 1.165) is 0 Å². The van der Waals surface area contributed by atoms with Crippen molar-refractivity contribution in [2.45, 2.75) is 6.92 Å². The van der Waals surface area contributed by atoms with Gasteiger partial charge in [0, 0.05) is 0 Å². The second-order valence-electron chi connectivity index (χ2n) is 0.289. The van der Waals surface area contributed by atoms with Gasteiger partial charge in [-0.05, 0) is 0 Å². The quantitative estimate of drug-likeness (QED) is 0.446. The normalized spacial score (nSPS) is 2.00. The third-order valence-electron chi connectivity index (χ3n) is 0. The van der Waals surface area contributed by atoms with Crippen molar-refractivity contribution in [2.24, 2.45) is 0 Å². The molecule has 0 fully saturated rings. The minimum Gasteiger partial charge on any atom is -2.00 e. The average molecular weight is 312 g/mol. The first kappa shape index (κ1) is 110. The fourth-order valence-electron chi connectivity index (χ4n) is 0. The van der Waals surface area contributed by atoms with Crippen molar-refractivity contribution in [1.29, 1.82) is 0 Å². The number of hydrogen-bond donors (Lipinski definition) is 0. The minimum absolute atomic E-state index is 0. The van der Waals surface area contributed by atoms with Crippen LogP contribution in [0, 0.1) is 0 Å². The molecule has 0 aliphatic carbocycles. The van der Waals surface area contributed by atoms with Crippen LogP contribution in [0.25, 0.3) is 0 Å². The van der Waals surface area contributed by atoms with Gasteiger partial charge in [-0.15, -0.1) is 6.61 Å². The SMILES string of the molecule is CC[O-].O.O.O.[O-2].[O-2].[Ta+5]. The first-order chi connectivity index (χ1) is 1.41. The summed E-state index contributed by atoms with van der Waals surface area (Å²) in [6, 6.07) is 0. The van der Waals surface area contributed by atoms with Crippen molar-refractivity contribution in [3.05, 3.63) is 0 Å². The molecule has 0 saturated heterocycles. The van der Waals surface area contributed by atoms with Crippen molar-refractivity contribution >= 4 is 0 Å². The molecule has 0 aromatic rings. The first-order valence-corrected chi connectivity index (χ1v) is 0.996. The Morgan fingerprint density at radius 1 is 1.00 bits per heavy atom. The van der Waals surface area contributed by atoms with Crippen molar-refractivity contribution in [3.63, 3.8) is 0 Å². The molecule has 0 saturated carbocycles. The van der Waals surface area contributed by atoms with Gasteiger partial charge in [0.1, 0.15) is 0 Å². The van der Waals surface area contributed by atoms with Crippen LogP contribution in [0.1, 0.15) is 6.92 Å². The van der Waals surface area contributed by atoms with E-state index in [1.54, 1.807) is 6.92 Å². The Hall–Kier alpha value is 0.500. The molecule has 0 aromatic heterocycles. The van der Waals surface area contributed by atoms with E-state index in [4.69, 9.17) is 5.11 Å². The molecular formula is C2H11O6Ta. The molecule has 0 unspecified atom stereocenters. The third-order valence-corrected chi connectivity index (χ3v) is 0. The van der Waals surface area contributed by atoms with Gasteiger partial charge in [0.25, 0.3) is 0 Å². The van der Waals surface area contributed by atoms with Gasteiger partial charge in [-0.3, -0.25) is 0 Å². The molecule has 0 aromatic carbocycles. The summed E-state index contributed by atoms with van der Waals surface area (Å²) >= 11 is 0. The molecule has 6 N–H and O–H groups in total. The zero-order valence-corrected chi connectivity index (χ0v) is 8.09. The summed E-state index contributed by atoms with van der Waals surface area (Å²) in [4.78, 5) is 0. The van der Waals surface area contributed by atoms with Crippen LogP contribution in [0.15, 0.2) is 0 Å². The Bertz CT molecular complexity index is 11.0. The fraction of sp³-hybridized carbons (Fsp3) is 1.00.